The first-order chi connectivity index (χ1) is 16.9. The highest BCUT2D eigenvalue weighted by atomic mass is 32.2. The van der Waals surface area contributed by atoms with E-state index < -0.39 is 21.8 Å². The number of nitrogens with zero attached hydrogens (tertiary/aromatic N) is 2. The minimum absolute atomic E-state index is 0.0698. The van der Waals surface area contributed by atoms with E-state index >= 15 is 0 Å². The molecule has 10 heteroatoms. The van der Waals surface area contributed by atoms with Crippen LogP contribution in [0.15, 0.2) is 65.7 Å². The van der Waals surface area contributed by atoms with Gasteiger partial charge in [-0.25, -0.2) is 8.42 Å². The van der Waals surface area contributed by atoms with Crippen LogP contribution in [0.4, 0.5) is 5.69 Å². The number of hydrogen-bond donors (Lipinski definition) is 3. The highest BCUT2D eigenvalue weighted by Gasteiger charge is 2.23. The van der Waals surface area contributed by atoms with E-state index in [-0.39, 0.29) is 21.8 Å². The molecule has 2 aromatic carbocycles. The Labute approximate surface area is 206 Å². The van der Waals surface area contributed by atoms with Gasteiger partial charge >= 0.3 is 0 Å². The molecule has 1 aromatic heterocycles. The number of nitrogens with one attached hydrogen (secondary N) is 3. The number of benzene rings is 2. The van der Waals surface area contributed by atoms with Crippen LogP contribution in [0.1, 0.15) is 53.1 Å². The van der Waals surface area contributed by atoms with E-state index in [1.807, 2.05) is 44.2 Å². The highest BCUT2D eigenvalue weighted by Crippen LogP contribution is 2.19. The summed E-state index contributed by atoms with van der Waals surface area (Å²) >= 11 is 0. The Morgan fingerprint density at radius 2 is 1.60 bits per heavy atom. The summed E-state index contributed by atoms with van der Waals surface area (Å²) in [4.78, 5) is 25.4. The molecule has 0 fully saturated rings. The van der Waals surface area contributed by atoms with Crippen LogP contribution in [0, 0.1) is 0 Å². The molecule has 0 saturated heterocycles. The summed E-state index contributed by atoms with van der Waals surface area (Å²) in [6.45, 7) is 5.16. The first kappa shape index (κ1) is 26.1. The van der Waals surface area contributed by atoms with Crippen LogP contribution in [0.25, 0.3) is 0 Å². The van der Waals surface area contributed by atoms with Gasteiger partial charge in [0.15, 0.2) is 5.69 Å². The molecule has 186 valence electrons. The fraction of sp³-hybridized carbons (Fsp3) is 0.320. The average Bonchev–Trinajstić information content (AvgIpc) is 3.32. The lowest BCUT2D eigenvalue weighted by Crippen LogP contribution is -2.32. The van der Waals surface area contributed by atoms with E-state index in [1.165, 1.54) is 34.8 Å². The van der Waals surface area contributed by atoms with E-state index in [9.17, 15) is 18.0 Å². The molecule has 0 bridgehead atoms. The smallest absolute Gasteiger partial charge is 0.273 e. The van der Waals surface area contributed by atoms with Gasteiger partial charge in [-0.1, -0.05) is 44.2 Å². The first-order valence-corrected chi connectivity index (χ1v) is 13.1. The van der Waals surface area contributed by atoms with Crippen molar-refractivity contribution in [1.29, 1.82) is 0 Å². The molecule has 9 nitrogen and oxygen atoms in total. The van der Waals surface area contributed by atoms with Crippen LogP contribution in [0.5, 0.6) is 0 Å². The molecule has 0 radical (unpaired) electrons. The van der Waals surface area contributed by atoms with Crippen molar-refractivity contribution >= 4 is 27.5 Å². The topological polar surface area (TPSA) is 124 Å². The maximum absolute atomic E-state index is 12.9. The van der Waals surface area contributed by atoms with E-state index in [0.717, 1.165) is 5.56 Å². The zero-order chi connectivity index (χ0) is 25.3. The number of anilines is 1. The lowest BCUT2D eigenvalue weighted by Gasteiger charge is -2.21. The molecule has 3 aromatic rings. The van der Waals surface area contributed by atoms with E-state index in [1.54, 1.807) is 0 Å². The van der Waals surface area contributed by atoms with Crippen LogP contribution in [0.2, 0.25) is 0 Å². The minimum atomic E-state index is -3.63. The number of rotatable bonds is 12. The van der Waals surface area contributed by atoms with Crippen LogP contribution in [-0.4, -0.2) is 54.4 Å². The lowest BCUT2D eigenvalue weighted by molar-refractivity contribution is 0.0950. The number of H-pyrrole nitrogens is 1. The fourth-order valence-electron chi connectivity index (χ4n) is 3.58. The molecule has 3 N–H and O–H groups in total. The van der Waals surface area contributed by atoms with Gasteiger partial charge in [0.2, 0.25) is 10.0 Å². The van der Waals surface area contributed by atoms with Crippen molar-refractivity contribution in [2.45, 2.75) is 38.0 Å². The van der Waals surface area contributed by atoms with Gasteiger partial charge in [0.25, 0.3) is 11.8 Å². The predicted molar refractivity (Wildman–Crippen MR) is 135 cm³/mol. The van der Waals surface area contributed by atoms with Crippen molar-refractivity contribution in [3.63, 3.8) is 0 Å². The summed E-state index contributed by atoms with van der Waals surface area (Å²) < 4.78 is 27.3. The second kappa shape index (κ2) is 12.3. The number of amides is 2. The number of aromatic nitrogens is 2. The standard InChI is InChI=1S/C25H31N5O4S/c1-3-16-30(17-4-2)35(33,34)21-12-10-20(11-13-21)24(31)28-22-18-27-29-23(22)25(32)26-15-14-19-8-6-5-7-9-19/h5-13,18H,3-4,14-17H2,1-2H3,(H,26,32)(H,27,29)(H,28,31). The molecule has 0 aliphatic heterocycles. The van der Waals surface area contributed by atoms with Crippen LogP contribution < -0.4 is 10.6 Å². The maximum atomic E-state index is 12.9. The monoisotopic (exact) mass is 497 g/mol. The summed E-state index contributed by atoms with van der Waals surface area (Å²) in [5.74, 6) is -0.890. The Balaban J connectivity index is 1.63. The summed E-state index contributed by atoms with van der Waals surface area (Å²) in [5, 5.41) is 12.0. The molecule has 2 amide bonds. The molecule has 0 aliphatic rings. The van der Waals surface area contributed by atoms with E-state index in [2.05, 4.69) is 20.8 Å². The summed E-state index contributed by atoms with van der Waals surface area (Å²) in [6, 6.07) is 15.5. The number of carbonyl (C=O) groups is 2. The summed E-state index contributed by atoms with van der Waals surface area (Å²) in [7, 11) is -3.63. The first-order valence-electron chi connectivity index (χ1n) is 11.6. The maximum Gasteiger partial charge on any atom is 0.273 e. The van der Waals surface area contributed by atoms with Gasteiger partial charge in [-0.3, -0.25) is 14.7 Å². The highest BCUT2D eigenvalue weighted by molar-refractivity contribution is 7.89. The number of sulfonamides is 1. The van der Waals surface area contributed by atoms with Crippen molar-refractivity contribution < 1.29 is 18.0 Å². The van der Waals surface area contributed by atoms with Crippen molar-refractivity contribution in [2.75, 3.05) is 25.0 Å². The Morgan fingerprint density at radius 3 is 2.23 bits per heavy atom. The SMILES string of the molecule is CCCN(CCC)S(=O)(=O)c1ccc(C(=O)Nc2c[nH]nc2C(=O)NCCc2ccccc2)cc1. The van der Waals surface area contributed by atoms with Crippen molar-refractivity contribution in [3.8, 4) is 0 Å². The number of carbonyl (C=O) groups excluding carboxylic acids is 2. The molecule has 0 aliphatic carbocycles. The van der Waals surface area contributed by atoms with Gasteiger partial charge in [0.1, 0.15) is 0 Å². The third-order valence-electron chi connectivity index (χ3n) is 5.35. The molecular formula is C25H31N5O4S. The molecule has 0 unspecified atom stereocenters. The van der Waals surface area contributed by atoms with Gasteiger partial charge in [-0.05, 0) is 49.1 Å². The van der Waals surface area contributed by atoms with Crippen LogP contribution >= 0.6 is 0 Å². The molecule has 1 heterocycles. The van der Waals surface area contributed by atoms with Crippen molar-refractivity contribution in [3.05, 3.63) is 77.6 Å². The molecule has 0 atom stereocenters. The Hall–Kier alpha value is -3.50. The predicted octanol–water partition coefficient (Wildman–Crippen LogP) is 3.45. The zero-order valence-corrected chi connectivity index (χ0v) is 20.8. The molecule has 35 heavy (non-hydrogen) atoms. The van der Waals surface area contributed by atoms with Gasteiger partial charge < -0.3 is 10.6 Å². The summed E-state index contributed by atoms with van der Waals surface area (Å²) in [5.41, 5.74) is 1.67. The largest absolute Gasteiger partial charge is 0.350 e. The Bertz CT molecular complexity index is 1220. The third kappa shape index (κ3) is 6.77. The lowest BCUT2D eigenvalue weighted by atomic mass is 10.1. The Morgan fingerprint density at radius 1 is 0.943 bits per heavy atom. The average molecular weight is 498 g/mol. The Kier molecular flexibility index (Phi) is 9.16. The van der Waals surface area contributed by atoms with E-state index in [0.29, 0.717) is 38.9 Å². The van der Waals surface area contributed by atoms with Crippen molar-refractivity contribution in [2.24, 2.45) is 0 Å². The zero-order valence-electron chi connectivity index (χ0n) is 20.0. The summed E-state index contributed by atoms with van der Waals surface area (Å²) in [6.07, 6.45) is 3.53. The quantitative estimate of drug-likeness (QED) is 0.354. The van der Waals surface area contributed by atoms with Gasteiger partial charge in [-0.15, -0.1) is 0 Å². The van der Waals surface area contributed by atoms with Gasteiger partial charge in [0, 0.05) is 31.4 Å². The number of hydrogen-bond acceptors (Lipinski definition) is 5. The third-order valence-corrected chi connectivity index (χ3v) is 7.26. The van der Waals surface area contributed by atoms with Gasteiger partial charge in [-0.2, -0.15) is 9.40 Å². The second-order valence-corrected chi connectivity index (χ2v) is 9.96. The van der Waals surface area contributed by atoms with Crippen LogP contribution in [-0.2, 0) is 16.4 Å². The van der Waals surface area contributed by atoms with E-state index in [4.69, 9.17) is 0 Å². The van der Waals surface area contributed by atoms with Crippen molar-refractivity contribution in [1.82, 2.24) is 19.8 Å². The normalized spacial score (nSPS) is 11.4. The molecular weight excluding hydrogens is 466 g/mol. The fourth-order valence-corrected chi connectivity index (χ4v) is 5.20. The molecule has 0 saturated carbocycles. The second-order valence-electron chi connectivity index (χ2n) is 8.02. The van der Waals surface area contributed by atoms with Gasteiger partial charge in [0.05, 0.1) is 10.6 Å². The minimum Gasteiger partial charge on any atom is -0.350 e. The molecule has 3 rings (SSSR count). The van der Waals surface area contributed by atoms with Crippen LogP contribution in [0.3, 0.4) is 0 Å². The number of aromatic amines is 1. The molecule has 0 spiro atoms.